The van der Waals surface area contributed by atoms with Gasteiger partial charge in [0.05, 0.1) is 25.4 Å². The zero-order valence-corrected chi connectivity index (χ0v) is 45.4. The molecule has 398 valence electrons. The van der Waals surface area contributed by atoms with Crippen molar-refractivity contribution in [3.05, 3.63) is 12.2 Å². The molecule has 2 atom stereocenters. The molecule has 2 unspecified atom stereocenters. The van der Waals surface area contributed by atoms with Gasteiger partial charge in [-0.05, 0) is 32.1 Å². The van der Waals surface area contributed by atoms with E-state index in [1.165, 1.54) is 276 Å². The summed E-state index contributed by atoms with van der Waals surface area (Å²) in [6.45, 7) is 4.89. The van der Waals surface area contributed by atoms with E-state index in [0.29, 0.717) is 19.4 Å². The summed E-state index contributed by atoms with van der Waals surface area (Å²) in [5, 5.41) is 22.9. The molecule has 0 aliphatic rings. The van der Waals surface area contributed by atoms with Crippen LogP contribution in [0.4, 0.5) is 0 Å². The molecule has 0 saturated carbocycles. The summed E-state index contributed by atoms with van der Waals surface area (Å²) in [5.41, 5.74) is 0. The molecule has 3 N–H and O–H groups in total. The zero-order valence-electron chi connectivity index (χ0n) is 45.4. The van der Waals surface area contributed by atoms with E-state index < -0.39 is 12.1 Å². The fourth-order valence-corrected chi connectivity index (χ4v) is 9.64. The lowest BCUT2D eigenvalue weighted by atomic mass is 10.0. The first-order valence-corrected chi connectivity index (χ1v) is 30.5. The molecule has 1 amide bonds. The van der Waals surface area contributed by atoms with Crippen LogP contribution < -0.4 is 5.32 Å². The van der Waals surface area contributed by atoms with Crippen molar-refractivity contribution in [1.29, 1.82) is 0 Å². The molecule has 0 spiro atoms. The molecule has 0 heterocycles. The molecular formula is C61H119NO5. The van der Waals surface area contributed by atoms with E-state index >= 15 is 0 Å². The Kier molecular flexibility index (Phi) is 56.0. The Morgan fingerprint density at radius 1 is 0.403 bits per heavy atom. The number of nitrogens with one attached hydrogen (secondary N) is 1. The predicted molar refractivity (Wildman–Crippen MR) is 292 cm³/mol. The summed E-state index contributed by atoms with van der Waals surface area (Å²) < 4.78 is 5.47. The Morgan fingerprint density at radius 2 is 0.687 bits per heavy atom. The van der Waals surface area contributed by atoms with Crippen LogP contribution in [0.5, 0.6) is 0 Å². The quantitative estimate of drug-likeness (QED) is 0.0321. The lowest BCUT2D eigenvalue weighted by Gasteiger charge is -2.20. The third-order valence-electron chi connectivity index (χ3n) is 14.3. The van der Waals surface area contributed by atoms with Gasteiger partial charge < -0.3 is 20.3 Å². The van der Waals surface area contributed by atoms with Gasteiger partial charge in [0.15, 0.2) is 0 Å². The molecule has 0 aromatic rings. The highest BCUT2D eigenvalue weighted by atomic mass is 16.5. The van der Waals surface area contributed by atoms with Crippen LogP contribution >= 0.6 is 0 Å². The van der Waals surface area contributed by atoms with Crippen molar-refractivity contribution >= 4 is 11.9 Å². The Hall–Kier alpha value is -1.40. The number of aliphatic hydroxyl groups excluding tert-OH is 2. The van der Waals surface area contributed by atoms with E-state index in [-0.39, 0.29) is 18.5 Å². The van der Waals surface area contributed by atoms with Gasteiger partial charge in [-0.3, -0.25) is 9.59 Å². The normalized spacial score (nSPS) is 12.6. The topological polar surface area (TPSA) is 95.9 Å². The van der Waals surface area contributed by atoms with Crippen molar-refractivity contribution in [3.8, 4) is 0 Å². The van der Waals surface area contributed by atoms with Crippen LogP contribution in [0, 0.1) is 0 Å². The van der Waals surface area contributed by atoms with Gasteiger partial charge in [-0.15, -0.1) is 0 Å². The van der Waals surface area contributed by atoms with Crippen LogP contribution in [-0.2, 0) is 14.3 Å². The summed E-state index contributed by atoms with van der Waals surface area (Å²) in [4.78, 5) is 24.4. The van der Waals surface area contributed by atoms with Crippen molar-refractivity contribution < 1.29 is 24.5 Å². The zero-order chi connectivity index (χ0) is 48.6. The third-order valence-corrected chi connectivity index (χ3v) is 14.3. The van der Waals surface area contributed by atoms with E-state index in [0.717, 1.165) is 38.5 Å². The molecule has 0 aromatic carbocycles. The number of aliphatic hydroxyl groups is 2. The van der Waals surface area contributed by atoms with E-state index in [2.05, 4.69) is 19.2 Å². The van der Waals surface area contributed by atoms with Crippen LogP contribution in [0.3, 0.4) is 0 Å². The maximum absolute atomic E-state index is 12.4. The number of hydrogen-bond donors (Lipinski definition) is 3. The number of carbonyl (C=O) groups is 2. The second-order valence-corrected chi connectivity index (χ2v) is 21.0. The van der Waals surface area contributed by atoms with Gasteiger partial charge in [-0.1, -0.05) is 309 Å². The maximum atomic E-state index is 12.4. The Labute approximate surface area is 419 Å². The highest BCUT2D eigenvalue weighted by molar-refractivity contribution is 5.76. The van der Waals surface area contributed by atoms with Crippen LogP contribution in [0.2, 0.25) is 0 Å². The summed E-state index contributed by atoms with van der Waals surface area (Å²) in [6, 6.07) is -0.621. The van der Waals surface area contributed by atoms with Gasteiger partial charge in [0.25, 0.3) is 0 Å². The van der Waals surface area contributed by atoms with E-state index in [4.69, 9.17) is 4.74 Å². The second kappa shape index (κ2) is 57.2. The van der Waals surface area contributed by atoms with Crippen molar-refractivity contribution in [3.63, 3.8) is 0 Å². The number of allylic oxidation sites excluding steroid dienone is 1. The van der Waals surface area contributed by atoms with Crippen LogP contribution in [0.25, 0.3) is 0 Å². The second-order valence-electron chi connectivity index (χ2n) is 21.0. The Morgan fingerprint density at radius 3 is 1.01 bits per heavy atom. The van der Waals surface area contributed by atoms with E-state index in [9.17, 15) is 19.8 Å². The molecular weight excluding hydrogens is 827 g/mol. The van der Waals surface area contributed by atoms with Gasteiger partial charge in [0.2, 0.25) is 5.91 Å². The monoisotopic (exact) mass is 946 g/mol. The molecule has 67 heavy (non-hydrogen) atoms. The van der Waals surface area contributed by atoms with Crippen LogP contribution in [0.1, 0.15) is 341 Å². The van der Waals surface area contributed by atoms with Gasteiger partial charge in [-0.25, -0.2) is 0 Å². The third kappa shape index (κ3) is 53.8. The SMILES string of the molecule is CCCCCCCCC/C=C/C(O)C(CO)NC(=O)CCCCCCCCCCCCCCCCCCCCCCCCCCCCCCCCOC(=O)CCCCCCCCCCCCC. The molecule has 0 rings (SSSR count). The predicted octanol–water partition coefficient (Wildman–Crippen LogP) is 18.9. The molecule has 0 aliphatic heterocycles. The highest BCUT2D eigenvalue weighted by Crippen LogP contribution is 2.18. The van der Waals surface area contributed by atoms with Gasteiger partial charge in [0.1, 0.15) is 0 Å². The van der Waals surface area contributed by atoms with E-state index in [1.54, 1.807) is 6.08 Å². The molecule has 6 heteroatoms. The summed E-state index contributed by atoms with van der Waals surface area (Å²) in [6.07, 6.45) is 68.5. The van der Waals surface area contributed by atoms with Crippen molar-refractivity contribution in [2.75, 3.05) is 13.2 Å². The minimum atomic E-state index is -0.838. The highest BCUT2D eigenvalue weighted by Gasteiger charge is 2.18. The number of ether oxygens (including phenoxy) is 1. The molecule has 0 fully saturated rings. The largest absolute Gasteiger partial charge is 0.466 e. The fraction of sp³-hybridized carbons (Fsp3) is 0.934. The lowest BCUT2D eigenvalue weighted by Crippen LogP contribution is -2.45. The summed E-state index contributed by atoms with van der Waals surface area (Å²) in [5.74, 6) is -0.0458. The van der Waals surface area contributed by atoms with Crippen molar-refractivity contribution in [2.24, 2.45) is 0 Å². The first kappa shape index (κ1) is 65.6. The van der Waals surface area contributed by atoms with E-state index in [1.807, 2.05) is 6.08 Å². The number of unbranched alkanes of at least 4 members (excludes halogenated alkanes) is 46. The molecule has 0 bridgehead atoms. The number of rotatable bonds is 57. The first-order valence-electron chi connectivity index (χ1n) is 30.5. The first-order chi connectivity index (χ1) is 33.0. The molecule has 0 aromatic heterocycles. The van der Waals surface area contributed by atoms with Gasteiger partial charge in [-0.2, -0.15) is 0 Å². The summed E-state index contributed by atoms with van der Waals surface area (Å²) in [7, 11) is 0. The average Bonchev–Trinajstić information content (AvgIpc) is 3.33. The van der Waals surface area contributed by atoms with Crippen LogP contribution in [-0.4, -0.2) is 47.4 Å². The lowest BCUT2D eigenvalue weighted by molar-refractivity contribution is -0.143. The van der Waals surface area contributed by atoms with Crippen molar-refractivity contribution in [2.45, 2.75) is 353 Å². The molecule has 0 radical (unpaired) electrons. The van der Waals surface area contributed by atoms with Gasteiger partial charge >= 0.3 is 5.97 Å². The molecule has 6 nitrogen and oxygen atoms in total. The number of esters is 1. The smallest absolute Gasteiger partial charge is 0.305 e. The Balaban J connectivity index is 3.30. The number of amides is 1. The Bertz CT molecular complexity index is 1000. The minimum Gasteiger partial charge on any atom is -0.466 e. The fourth-order valence-electron chi connectivity index (χ4n) is 9.64. The van der Waals surface area contributed by atoms with Crippen LogP contribution in [0.15, 0.2) is 12.2 Å². The van der Waals surface area contributed by atoms with Gasteiger partial charge in [0, 0.05) is 12.8 Å². The standard InChI is InChI=1S/C61H119NO5/c1-3-5-7-9-11-13-34-39-43-47-51-55-61(66)67-56-52-48-44-40-36-33-31-29-27-25-23-21-19-17-15-14-16-18-20-22-24-26-28-30-32-35-38-42-46-50-54-60(65)62-58(57-63)59(64)53-49-45-41-37-12-10-8-6-4-2/h49,53,58-59,63-64H,3-48,50-52,54-57H2,1-2H3,(H,62,65)/b53-49+. The average molecular weight is 947 g/mol. The molecule has 0 saturated heterocycles. The maximum Gasteiger partial charge on any atom is 0.305 e. The minimum absolute atomic E-state index is 0.0197. The number of carbonyl (C=O) groups excluding carboxylic acids is 2. The van der Waals surface area contributed by atoms with Crippen molar-refractivity contribution in [1.82, 2.24) is 5.32 Å². The molecule has 0 aliphatic carbocycles. The summed E-state index contributed by atoms with van der Waals surface area (Å²) >= 11 is 0. The number of hydrogen-bond acceptors (Lipinski definition) is 5.